The molecule has 3 heterocycles. The molecule has 2 aromatic rings. The predicted molar refractivity (Wildman–Crippen MR) is 124 cm³/mol. The number of aromatic nitrogens is 1. The van der Waals surface area contributed by atoms with Gasteiger partial charge in [0.1, 0.15) is 23.5 Å². The molecule has 5 atom stereocenters. The first-order valence-corrected chi connectivity index (χ1v) is 12.0. The highest BCUT2D eigenvalue weighted by molar-refractivity contribution is 6.02. The summed E-state index contributed by atoms with van der Waals surface area (Å²) < 4.78 is 33.9. The van der Waals surface area contributed by atoms with Crippen LogP contribution < -0.4 is 15.4 Å². The second-order valence-electron chi connectivity index (χ2n) is 9.90. The Hall–Kier alpha value is -3.68. The number of benzene rings is 1. The van der Waals surface area contributed by atoms with E-state index in [9.17, 15) is 28.4 Å². The third-order valence-corrected chi connectivity index (χ3v) is 7.63. The molecule has 0 radical (unpaired) electrons. The zero-order valence-electron chi connectivity index (χ0n) is 19.7. The maximum absolute atomic E-state index is 14.3. The molecule has 1 aromatic heterocycles. The maximum Gasteiger partial charge on any atom is 0.271 e. The molecule has 2 aliphatic heterocycles. The Labute approximate surface area is 206 Å². The van der Waals surface area contributed by atoms with E-state index in [2.05, 4.69) is 15.6 Å². The van der Waals surface area contributed by atoms with Crippen LogP contribution in [0.25, 0.3) is 10.9 Å². The summed E-state index contributed by atoms with van der Waals surface area (Å²) in [6, 6.07) is 6.84. The van der Waals surface area contributed by atoms with Gasteiger partial charge in [0, 0.05) is 42.8 Å². The average Bonchev–Trinajstić information content (AvgIpc) is 3.59. The van der Waals surface area contributed by atoms with Crippen molar-refractivity contribution in [3.05, 3.63) is 30.0 Å². The van der Waals surface area contributed by atoms with Gasteiger partial charge in [0.05, 0.1) is 13.2 Å². The Morgan fingerprint density at radius 1 is 1.36 bits per heavy atom. The van der Waals surface area contributed by atoms with E-state index in [1.807, 2.05) is 6.07 Å². The number of halogens is 2. The van der Waals surface area contributed by atoms with Crippen molar-refractivity contribution in [2.45, 2.75) is 43.7 Å². The van der Waals surface area contributed by atoms with E-state index in [4.69, 9.17) is 4.74 Å². The SMILES string of the molecule is COc1cccc2[nH]c(C(=O)N3C[C@@H]4CC(F)(F)C[C@@H]4[C@H]3C(=O)N[C@H](C#N)C[C@@H]3CCNC3=O)cc12. The number of methoxy groups -OCH3 is 1. The van der Waals surface area contributed by atoms with E-state index in [-0.39, 0.29) is 24.6 Å². The van der Waals surface area contributed by atoms with Gasteiger partial charge in [-0.3, -0.25) is 14.4 Å². The van der Waals surface area contributed by atoms with E-state index in [0.29, 0.717) is 29.6 Å². The average molecular weight is 500 g/mol. The minimum atomic E-state index is -2.91. The molecule has 190 valence electrons. The summed E-state index contributed by atoms with van der Waals surface area (Å²) in [5.41, 5.74) is 0.891. The number of amides is 3. The number of carbonyl (C=O) groups is 3. The number of hydrogen-bond donors (Lipinski definition) is 3. The van der Waals surface area contributed by atoms with Gasteiger partial charge in [0.25, 0.3) is 5.91 Å². The molecule has 5 rings (SSSR count). The van der Waals surface area contributed by atoms with Crippen molar-refractivity contribution in [3.63, 3.8) is 0 Å². The van der Waals surface area contributed by atoms with Crippen LogP contribution in [0.3, 0.4) is 0 Å². The van der Waals surface area contributed by atoms with Gasteiger partial charge in [-0.1, -0.05) is 6.07 Å². The summed E-state index contributed by atoms with van der Waals surface area (Å²) in [7, 11) is 1.52. The number of rotatable bonds is 6. The summed E-state index contributed by atoms with van der Waals surface area (Å²) in [5.74, 6) is -5.29. The Bertz CT molecular complexity index is 1250. The van der Waals surface area contributed by atoms with Crippen molar-refractivity contribution < 1.29 is 27.9 Å². The first-order valence-electron chi connectivity index (χ1n) is 12.0. The molecule has 36 heavy (non-hydrogen) atoms. The Morgan fingerprint density at radius 3 is 2.86 bits per heavy atom. The van der Waals surface area contributed by atoms with Crippen LogP contribution in [0.15, 0.2) is 24.3 Å². The highest BCUT2D eigenvalue weighted by atomic mass is 19.3. The summed E-state index contributed by atoms with van der Waals surface area (Å²) >= 11 is 0. The number of nitrogens with one attached hydrogen (secondary N) is 3. The molecule has 3 aliphatic rings. The van der Waals surface area contributed by atoms with Gasteiger partial charge in [0.15, 0.2) is 0 Å². The van der Waals surface area contributed by atoms with Gasteiger partial charge in [0.2, 0.25) is 17.7 Å². The molecular formula is C25H27F2N5O4. The molecule has 0 bridgehead atoms. The van der Waals surface area contributed by atoms with Crippen LogP contribution in [-0.4, -0.2) is 65.8 Å². The third kappa shape index (κ3) is 4.25. The van der Waals surface area contributed by atoms with E-state index in [0.717, 1.165) is 0 Å². The van der Waals surface area contributed by atoms with Crippen molar-refractivity contribution >= 4 is 28.6 Å². The summed E-state index contributed by atoms with van der Waals surface area (Å²) in [6.07, 6.45) is -0.208. The fraction of sp³-hybridized carbons (Fsp3) is 0.520. The zero-order valence-corrected chi connectivity index (χ0v) is 19.7. The van der Waals surface area contributed by atoms with Crippen LogP contribution in [0.1, 0.15) is 36.2 Å². The van der Waals surface area contributed by atoms with Crippen molar-refractivity contribution in [1.29, 1.82) is 5.26 Å². The Balaban J connectivity index is 1.40. The van der Waals surface area contributed by atoms with E-state index in [1.165, 1.54) is 12.0 Å². The van der Waals surface area contributed by atoms with Gasteiger partial charge < -0.3 is 25.3 Å². The highest BCUT2D eigenvalue weighted by Crippen LogP contribution is 2.50. The summed E-state index contributed by atoms with van der Waals surface area (Å²) in [6.45, 7) is 0.528. The lowest BCUT2D eigenvalue weighted by Gasteiger charge is -2.28. The largest absolute Gasteiger partial charge is 0.496 e. The lowest BCUT2D eigenvalue weighted by molar-refractivity contribution is -0.127. The van der Waals surface area contributed by atoms with Crippen LogP contribution in [0.2, 0.25) is 0 Å². The number of fused-ring (bicyclic) bond motifs is 2. The molecule has 1 aromatic carbocycles. The molecule has 1 saturated carbocycles. The fourth-order valence-electron chi connectivity index (χ4n) is 5.97. The summed E-state index contributed by atoms with van der Waals surface area (Å²) in [5, 5.41) is 15.6. The van der Waals surface area contributed by atoms with Gasteiger partial charge in [-0.15, -0.1) is 0 Å². The molecule has 3 fully saturated rings. The molecule has 0 unspecified atom stereocenters. The standard InChI is InChI=1S/C25H27F2N5O4/c1-36-20-4-2-3-18-16(20)8-19(31-18)24(35)32-12-14-9-25(26,27)10-17(14)21(32)23(34)30-15(11-28)7-13-5-6-29-22(13)33/h2-4,8,13-15,17,21,31H,5-7,9-10,12H2,1H3,(H,29,33)(H,30,34)/t13-,14-,15-,17-,21-/m0/s1. The van der Waals surface area contributed by atoms with Crippen LogP contribution in [0.4, 0.5) is 8.78 Å². The normalized spacial score (nSPS) is 27.4. The Morgan fingerprint density at radius 2 is 2.17 bits per heavy atom. The number of aromatic amines is 1. The topological polar surface area (TPSA) is 127 Å². The van der Waals surface area contributed by atoms with Crippen molar-refractivity contribution in [2.75, 3.05) is 20.2 Å². The van der Waals surface area contributed by atoms with Gasteiger partial charge in [-0.05, 0) is 42.9 Å². The number of hydrogen-bond acceptors (Lipinski definition) is 5. The number of ether oxygens (including phenoxy) is 1. The van der Waals surface area contributed by atoms with Crippen LogP contribution in [0, 0.1) is 29.1 Å². The van der Waals surface area contributed by atoms with E-state index in [1.54, 1.807) is 24.3 Å². The van der Waals surface area contributed by atoms with Crippen LogP contribution in [0.5, 0.6) is 5.75 Å². The van der Waals surface area contributed by atoms with Crippen LogP contribution in [-0.2, 0) is 9.59 Å². The second kappa shape index (κ2) is 9.08. The first-order chi connectivity index (χ1) is 17.2. The molecule has 3 amide bonds. The lowest BCUT2D eigenvalue weighted by Crippen LogP contribution is -2.51. The molecule has 0 spiro atoms. The Kier molecular flexibility index (Phi) is 6.06. The molecule has 11 heteroatoms. The molecule has 1 aliphatic carbocycles. The summed E-state index contributed by atoms with van der Waals surface area (Å²) in [4.78, 5) is 43.3. The number of alkyl halides is 2. The smallest absolute Gasteiger partial charge is 0.271 e. The minimum Gasteiger partial charge on any atom is -0.496 e. The van der Waals surface area contributed by atoms with Gasteiger partial charge in [-0.2, -0.15) is 5.26 Å². The highest BCUT2D eigenvalue weighted by Gasteiger charge is 2.58. The minimum absolute atomic E-state index is 0.0198. The fourth-order valence-corrected chi connectivity index (χ4v) is 5.97. The zero-order chi connectivity index (χ0) is 25.6. The number of nitriles is 1. The number of nitrogens with zero attached hydrogens (tertiary/aromatic N) is 2. The molecular weight excluding hydrogens is 472 g/mol. The van der Waals surface area contributed by atoms with Crippen LogP contribution >= 0.6 is 0 Å². The van der Waals surface area contributed by atoms with Crippen molar-refractivity contribution in [2.24, 2.45) is 17.8 Å². The number of H-pyrrole nitrogens is 1. The van der Waals surface area contributed by atoms with Gasteiger partial charge in [-0.25, -0.2) is 8.78 Å². The lowest BCUT2D eigenvalue weighted by atomic mass is 9.92. The first kappa shape index (κ1) is 24.0. The van der Waals surface area contributed by atoms with Gasteiger partial charge >= 0.3 is 0 Å². The van der Waals surface area contributed by atoms with Crippen molar-refractivity contribution in [3.8, 4) is 11.8 Å². The third-order valence-electron chi connectivity index (χ3n) is 7.63. The monoisotopic (exact) mass is 499 g/mol. The quantitative estimate of drug-likeness (QED) is 0.562. The predicted octanol–water partition coefficient (Wildman–Crippen LogP) is 2.20. The number of carbonyl (C=O) groups excluding carboxylic acids is 3. The van der Waals surface area contributed by atoms with E-state index < -0.39 is 60.4 Å². The number of likely N-dealkylation sites (tertiary alicyclic amines) is 1. The molecule has 2 saturated heterocycles. The molecule has 9 nitrogen and oxygen atoms in total. The van der Waals surface area contributed by atoms with E-state index >= 15 is 0 Å². The maximum atomic E-state index is 14.3. The second-order valence-corrected chi connectivity index (χ2v) is 9.90. The van der Waals surface area contributed by atoms with Crippen molar-refractivity contribution in [1.82, 2.24) is 20.5 Å². The molecule has 3 N–H and O–H groups in total.